The molecule has 0 radical (unpaired) electrons. The fourth-order valence-corrected chi connectivity index (χ4v) is 3.40. The number of ether oxygens (including phenoxy) is 2. The first-order valence-corrected chi connectivity index (χ1v) is 9.48. The van der Waals surface area contributed by atoms with Gasteiger partial charge in [-0.3, -0.25) is 9.69 Å². The van der Waals surface area contributed by atoms with Crippen molar-refractivity contribution in [3.63, 3.8) is 0 Å². The second-order valence-electron chi connectivity index (χ2n) is 6.92. The number of rotatable bonds is 7. The molecule has 0 spiro atoms. The summed E-state index contributed by atoms with van der Waals surface area (Å²) < 4.78 is 10.7. The van der Waals surface area contributed by atoms with Gasteiger partial charge in [0, 0.05) is 32.2 Å². The number of benzene rings is 2. The number of nitrogens with zero attached hydrogens (tertiary/aromatic N) is 2. The van der Waals surface area contributed by atoms with Gasteiger partial charge in [-0.05, 0) is 43.2 Å². The molecule has 1 aliphatic heterocycles. The van der Waals surface area contributed by atoms with Gasteiger partial charge in [0.25, 0.3) is 5.91 Å². The van der Waals surface area contributed by atoms with Crippen LogP contribution in [-0.2, 0) is 11.2 Å². The van der Waals surface area contributed by atoms with Crippen molar-refractivity contribution in [3.8, 4) is 11.5 Å². The summed E-state index contributed by atoms with van der Waals surface area (Å²) in [5, 5.41) is 0. The highest BCUT2D eigenvalue weighted by Crippen LogP contribution is 2.17. The molecule has 0 bridgehead atoms. The van der Waals surface area contributed by atoms with Crippen LogP contribution in [-0.4, -0.2) is 61.6 Å². The minimum atomic E-state index is 0. The van der Waals surface area contributed by atoms with E-state index in [0.29, 0.717) is 11.8 Å². The minimum Gasteiger partial charge on any atom is -0.497 e. The first kappa shape index (κ1) is 22.1. The number of carbonyl (C=O) groups is 1. The van der Waals surface area contributed by atoms with Gasteiger partial charge in [-0.2, -0.15) is 0 Å². The average Bonchev–Trinajstić information content (AvgIpc) is 2.73. The monoisotopic (exact) mass is 404 g/mol. The van der Waals surface area contributed by atoms with E-state index in [-0.39, 0.29) is 24.9 Å². The Hall–Kier alpha value is -2.24. The molecule has 0 aromatic heterocycles. The predicted molar refractivity (Wildman–Crippen MR) is 113 cm³/mol. The molecule has 152 valence electrons. The molecule has 5 nitrogen and oxygen atoms in total. The largest absolute Gasteiger partial charge is 0.497 e. The molecule has 1 saturated heterocycles. The van der Waals surface area contributed by atoms with Crippen LogP contribution in [0.3, 0.4) is 0 Å². The number of piperazine rings is 1. The molecule has 1 atom stereocenters. The Bertz CT molecular complexity index is 716. The lowest BCUT2D eigenvalue weighted by Crippen LogP contribution is -2.52. The standard InChI is InChI=1S/C22H28N2O3.ClH/c1-18(16-19-6-4-3-5-7-19)23-12-14-24(15-13-23)22(25)17-27-21-10-8-20(26-2)9-11-21;/h3-11,18H,12-17H2,1-2H3;1H. The molecule has 2 aromatic carbocycles. The third-order valence-corrected chi connectivity index (χ3v) is 5.09. The van der Waals surface area contributed by atoms with E-state index in [4.69, 9.17) is 9.47 Å². The van der Waals surface area contributed by atoms with Crippen molar-refractivity contribution < 1.29 is 14.3 Å². The van der Waals surface area contributed by atoms with Crippen molar-refractivity contribution in [3.05, 3.63) is 60.2 Å². The number of methoxy groups -OCH3 is 1. The van der Waals surface area contributed by atoms with Crippen molar-refractivity contribution in [1.29, 1.82) is 0 Å². The smallest absolute Gasteiger partial charge is 0.260 e. The van der Waals surface area contributed by atoms with E-state index < -0.39 is 0 Å². The Morgan fingerprint density at radius 1 is 0.964 bits per heavy atom. The fourth-order valence-electron chi connectivity index (χ4n) is 3.40. The van der Waals surface area contributed by atoms with E-state index in [9.17, 15) is 4.79 Å². The van der Waals surface area contributed by atoms with Gasteiger partial charge in [0.05, 0.1) is 7.11 Å². The molecule has 1 fully saturated rings. The molecule has 6 heteroatoms. The molecule has 28 heavy (non-hydrogen) atoms. The van der Waals surface area contributed by atoms with Gasteiger partial charge in [0.15, 0.2) is 6.61 Å². The van der Waals surface area contributed by atoms with Crippen LogP contribution in [0.4, 0.5) is 0 Å². The van der Waals surface area contributed by atoms with Crippen LogP contribution < -0.4 is 9.47 Å². The molecule has 0 N–H and O–H groups in total. The topological polar surface area (TPSA) is 42.0 Å². The molecular weight excluding hydrogens is 376 g/mol. The van der Waals surface area contributed by atoms with Crippen LogP contribution in [0.5, 0.6) is 11.5 Å². The summed E-state index contributed by atoms with van der Waals surface area (Å²) in [6.07, 6.45) is 1.04. The maximum atomic E-state index is 12.4. The summed E-state index contributed by atoms with van der Waals surface area (Å²) in [6, 6.07) is 18.3. The van der Waals surface area contributed by atoms with Gasteiger partial charge in [0.2, 0.25) is 0 Å². The second kappa shape index (κ2) is 10.9. The summed E-state index contributed by atoms with van der Waals surface area (Å²) in [4.78, 5) is 16.8. The van der Waals surface area contributed by atoms with E-state index >= 15 is 0 Å². The van der Waals surface area contributed by atoms with E-state index in [1.807, 2.05) is 35.2 Å². The molecule has 1 unspecified atom stereocenters. The maximum Gasteiger partial charge on any atom is 0.260 e. The van der Waals surface area contributed by atoms with E-state index in [1.165, 1.54) is 5.56 Å². The Morgan fingerprint density at radius 2 is 1.57 bits per heavy atom. The van der Waals surface area contributed by atoms with Crippen LogP contribution in [0, 0.1) is 0 Å². The predicted octanol–water partition coefficient (Wildman–Crippen LogP) is 3.27. The molecule has 3 rings (SSSR count). The molecule has 1 amide bonds. The number of halogens is 1. The fraction of sp³-hybridized carbons (Fsp3) is 0.409. The summed E-state index contributed by atoms with van der Waals surface area (Å²) in [5.41, 5.74) is 1.36. The van der Waals surface area contributed by atoms with Gasteiger partial charge in [0.1, 0.15) is 11.5 Å². The van der Waals surface area contributed by atoms with Crippen molar-refractivity contribution in [1.82, 2.24) is 9.80 Å². The van der Waals surface area contributed by atoms with Gasteiger partial charge in [-0.1, -0.05) is 30.3 Å². The minimum absolute atomic E-state index is 0. The van der Waals surface area contributed by atoms with Crippen LogP contribution in [0.2, 0.25) is 0 Å². The van der Waals surface area contributed by atoms with E-state index in [1.54, 1.807) is 7.11 Å². The van der Waals surface area contributed by atoms with Gasteiger partial charge >= 0.3 is 0 Å². The molecule has 0 saturated carbocycles. The first-order chi connectivity index (χ1) is 13.2. The third-order valence-electron chi connectivity index (χ3n) is 5.09. The quantitative estimate of drug-likeness (QED) is 0.710. The van der Waals surface area contributed by atoms with Crippen molar-refractivity contribution >= 4 is 18.3 Å². The summed E-state index contributed by atoms with van der Waals surface area (Å²) in [5.74, 6) is 1.50. The molecule has 1 heterocycles. The summed E-state index contributed by atoms with van der Waals surface area (Å²) in [7, 11) is 1.62. The van der Waals surface area contributed by atoms with Crippen molar-refractivity contribution in [2.24, 2.45) is 0 Å². The zero-order valence-corrected chi connectivity index (χ0v) is 17.4. The molecule has 0 aliphatic carbocycles. The second-order valence-corrected chi connectivity index (χ2v) is 6.92. The highest BCUT2D eigenvalue weighted by molar-refractivity contribution is 5.85. The molecule has 2 aromatic rings. The summed E-state index contributed by atoms with van der Waals surface area (Å²) >= 11 is 0. The first-order valence-electron chi connectivity index (χ1n) is 9.48. The van der Waals surface area contributed by atoms with E-state index in [2.05, 4.69) is 36.1 Å². The maximum absolute atomic E-state index is 12.4. The van der Waals surface area contributed by atoms with Crippen LogP contribution >= 0.6 is 12.4 Å². The number of hydrogen-bond donors (Lipinski definition) is 0. The number of carbonyl (C=O) groups excluding carboxylic acids is 1. The average molecular weight is 405 g/mol. The molecule has 1 aliphatic rings. The van der Waals surface area contributed by atoms with Crippen LogP contribution in [0.15, 0.2) is 54.6 Å². The normalized spacial score (nSPS) is 15.4. The van der Waals surface area contributed by atoms with Crippen LogP contribution in [0.1, 0.15) is 12.5 Å². The third kappa shape index (κ3) is 6.14. The zero-order chi connectivity index (χ0) is 19.1. The Labute approximate surface area is 173 Å². The molecular formula is C22H29ClN2O3. The number of amides is 1. The van der Waals surface area contributed by atoms with Gasteiger partial charge < -0.3 is 14.4 Å². The zero-order valence-electron chi connectivity index (χ0n) is 16.5. The van der Waals surface area contributed by atoms with Crippen LogP contribution in [0.25, 0.3) is 0 Å². The van der Waals surface area contributed by atoms with E-state index in [0.717, 1.165) is 38.3 Å². The Morgan fingerprint density at radius 3 is 2.18 bits per heavy atom. The van der Waals surface area contributed by atoms with Crippen molar-refractivity contribution in [2.75, 3.05) is 39.9 Å². The SMILES string of the molecule is COc1ccc(OCC(=O)N2CCN(C(C)Cc3ccccc3)CC2)cc1.Cl. The highest BCUT2D eigenvalue weighted by Gasteiger charge is 2.24. The highest BCUT2D eigenvalue weighted by atomic mass is 35.5. The Kier molecular flexibility index (Phi) is 8.61. The summed E-state index contributed by atoms with van der Waals surface area (Å²) in [6.45, 7) is 5.65. The van der Waals surface area contributed by atoms with Gasteiger partial charge in [-0.25, -0.2) is 0 Å². The van der Waals surface area contributed by atoms with Crippen molar-refractivity contribution in [2.45, 2.75) is 19.4 Å². The Balaban J connectivity index is 0.00000280. The lowest BCUT2D eigenvalue weighted by molar-refractivity contribution is -0.135. The lowest BCUT2D eigenvalue weighted by Gasteiger charge is -2.38. The lowest BCUT2D eigenvalue weighted by atomic mass is 10.1. The van der Waals surface area contributed by atoms with Gasteiger partial charge in [-0.15, -0.1) is 12.4 Å². The number of hydrogen-bond acceptors (Lipinski definition) is 4.